The molecule has 2 aromatic carbocycles. The first-order valence-electron chi connectivity index (χ1n) is 5.75. The monoisotopic (exact) mass is 384 g/mol. The second-order valence-electron chi connectivity index (χ2n) is 3.97. The highest BCUT2D eigenvalue weighted by atomic mass is 127. The number of anilines is 1. The highest BCUT2D eigenvalue weighted by Crippen LogP contribution is 2.31. The minimum Gasteiger partial charge on any atom is -0.508 e. The minimum absolute atomic E-state index is 0.122. The molecule has 0 aliphatic rings. The molecule has 20 heavy (non-hydrogen) atoms. The van der Waals surface area contributed by atoms with Crippen LogP contribution in [-0.4, -0.2) is 23.5 Å². The van der Waals surface area contributed by atoms with Crippen molar-refractivity contribution in [1.82, 2.24) is 0 Å². The van der Waals surface area contributed by atoms with Crippen LogP contribution in [0.4, 0.5) is 5.69 Å². The molecule has 0 fully saturated rings. The van der Waals surface area contributed by atoms with Gasteiger partial charge in [0.15, 0.2) is 11.5 Å². The molecule has 0 saturated heterocycles. The van der Waals surface area contributed by atoms with Crippen LogP contribution in [0.3, 0.4) is 0 Å². The molecule has 0 aliphatic carbocycles. The molecule has 6 heteroatoms. The largest absolute Gasteiger partial charge is 0.508 e. The summed E-state index contributed by atoms with van der Waals surface area (Å²) in [7, 11) is 1.50. The van der Waals surface area contributed by atoms with Crippen LogP contribution in [0.15, 0.2) is 41.5 Å². The van der Waals surface area contributed by atoms with E-state index in [0.717, 1.165) is 11.3 Å². The molecule has 0 radical (unpaired) electrons. The second-order valence-corrected chi connectivity index (χ2v) is 5.13. The van der Waals surface area contributed by atoms with E-state index in [1.54, 1.807) is 42.6 Å². The Morgan fingerprint density at radius 3 is 2.55 bits per heavy atom. The van der Waals surface area contributed by atoms with Gasteiger partial charge in [-0.3, -0.25) is 5.43 Å². The van der Waals surface area contributed by atoms with Crippen molar-refractivity contribution in [2.45, 2.75) is 0 Å². The number of methoxy groups -OCH3 is 1. The molecule has 2 aromatic rings. The Balaban J connectivity index is 2.11. The number of hydrogen-bond donors (Lipinski definition) is 3. The Morgan fingerprint density at radius 1 is 1.20 bits per heavy atom. The predicted octanol–water partition coefficient (Wildman–Crippen LogP) is 3.16. The first-order chi connectivity index (χ1) is 9.60. The number of rotatable bonds is 4. The molecule has 0 unspecified atom stereocenters. The van der Waals surface area contributed by atoms with Gasteiger partial charge in [-0.25, -0.2) is 0 Å². The maximum atomic E-state index is 9.74. The van der Waals surface area contributed by atoms with Crippen molar-refractivity contribution < 1.29 is 14.9 Å². The van der Waals surface area contributed by atoms with Gasteiger partial charge in [-0.15, -0.1) is 0 Å². The molecule has 0 aromatic heterocycles. The molecule has 0 bridgehead atoms. The van der Waals surface area contributed by atoms with Gasteiger partial charge in [0.25, 0.3) is 0 Å². The van der Waals surface area contributed by atoms with Gasteiger partial charge in [-0.1, -0.05) is 0 Å². The Bertz CT molecular complexity index is 627. The van der Waals surface area contributed by atoms with Gasteiger partial charge in [0.2, 0.25) is 0 Å². The lowest BCUT2D eigenvalue weighted by atomic mass is 10.2. The first kappa shape index (κ1) is 14.4. The van der Waals surface area contributed by atoms with Gasteiger partial charge in [0.1, 0.15) is 5.75 Å². The van der Waals surface area contributed by atoms with Crippen molar-refractivity contribution >= 4 is 34.5 Å². The maximum absolute atomic E-state index is 9.74. The third-order valence-electron chi connectivity index (χ3n) is 2.55. The fraction of sp³-hybridized carbons (Fsp3) is 0.0714. The average Bonchev–Trinajstić information content (AvgIpc) is 2.44. The zero-order valence-corrected chi connectivity index (χ0v) is 12.8. The second kappa shape index (κ2) is 6.47. The molecule has 0 atom stereocenters. The third-order valence-corrected chi connectivity index (χ3v) is 3.37. The van der Waals surface area contributed by atoms with Crippen LogP contribution in [0.5, 0.6) is 17.2 Å². The molecule has 0 saturated carbocycles. The Morgan fingerprint density at radius 2 is 1.90 bits per heavy atom. The smallest absolute Gasteiger partial charge is 0.171 e. The van der Waals surface area contributed by atoms with Crippen LogP contribution in [0.25, 0.3) is 0 Å². The van der Waals surface area contributed by atoms with Crippen LogP contribution in [0, 0.1) is 3.57 Å². The zero-order valence-electron chi connectivity index (χ0n) is 10.7. The summed E-state index contributed by atoms with van der Waals surface area (Å²) in [6.07, 6.45) is 1.62. The van der Waals surface area contributed by atoms with Crippen LogP contribution in [0.1, 0.15) is 5.56 Å². The Kier molecular flexibility index (Phi) is 4.67. The van der Waals surface area contributed by atoms with Crippen LogP contribution >= 0.6 is 22.6 Å². The van der Waals surface area contributed by atoms with Crippen molar-refractivity contribution in [2.24, 2.45) is 5.10 Å². The van der Waals surface area contributed by atoms with Gasteiger partial charge in [-0.2, -0.15) is 5.10 Å². The SMILES string of the molecule is COc1cc(C=NNc2ccc(O)cc2)cc(I)c1O. The summed E-state index contributed by atoms with van der Waals surface area (Å²) < 4.78 is 5.77. The average molecular weight is 384 g/mol. The van der Waals surface area contributed by atoms with Crippen LogP contribution in [0.2, 0.25) is 0 Å². The van der Waals surface area contributed by atoms with E-state index in [9.17, 15) is 5.11 Å². The fourth-order valence-corrected chi connectivity index (χ4v) is 2.17. The molecule has 0 amide bonds. The van der Waals surface area contributed by atoms with Gasteiger partial charge in [0.05, 0.1) is 22.6 Å². The topological polar surface area (TPSA) is 74.1 Å². The van der Waals surface area contributed by atoms with E-state index in [0.29, 0.717) is 9.32 Å². The number of hydrazone groups is 1. The number of ether oxygens (including phenoxy) is 1. The van der Waals surface area contributed by atoms with Crippen molar-refractivity contribution in [3.63, 3.8) is 0 Å². The van der Waals surface area contributed by atoms with Gasteiger partial charge in [-0.05, 0) is 64.6 Å². The minimum atomic E-state index is 0.122. The molecular weight excluding hydrogens is 371 g/mol. The molecule has 0 aliphatic heterocycles. The summed E-state index contributed by atoms with van der Waals surface area (Å²) in [6.45, 7) is 0. The predicted molar refractivity (Wildman–Crippen MR) is 86.7 cm³/mol. The standard InChI is InChI=1S/C14H13IN2O3/c1-20-13-7-9(6-12(15)14(13)19)8-16-17-10-2-4-11(18)5-3-10/h2-8,17-19H,1H3. The van der Waals surface area contributed by atoms with E-state index in [1.807, 2.05) is 22.6 Å². The van der Waals surface area contributed by atoms with E-state index in [-0.39, 0.29) is 11.5 Å². The van der Waals surface area contributed by atoms with Gasteiger partial charge < -0.3 is 14.9 Å². The van der Waals surface area contributed by atoms with Crippen molar-refractivity contribution in [3.8, 4) is 17.2 Å². The maximum Gasteiger partial charge on any atom is 0.171 e. The van der Waals surface area contributed by atoms with E-state index in [2.05, 4.69) is 10.5 Å². The van der Waals surface area contributed by atoms with E-state index < -0.39 is 0 Å². The van der Waals surface area contributed by atoms with Crippen molar-refractivity contribution in [3.05, 3.63) is 45.5 Å². The van der Waals surface area contributed by atoms with Crippen LogP contribution < -0.4 is 10.2 Å². The summed E-state index contributed by atoms with van der Waals surface area (Å²) >= 11 is 2.03. The van der Waals surface area contributed by atoms with Crippen molar-refractivity contribution in [1.29, 1.82) is 0 Å². The number of halogens is 1. The van der Waals surface area contributed by atoms with E-state index >= 15 is 0 Å². The molecule has 104 valence electrons. The third kappa shape index (κ3) is 3.53. The number of aromatic hydroxyl groups is 2. The quantitative estimate of drug-likeness (QED) is 0.328. The number of nitrogens with one attached hydrogen (secondary N) is 1. The number of phenols is 2. The summed E-state index contributed by atoms with van der Waals surface area (Å²) in [4.78, 5) is 0. The Labute approximate surface area is 130 Å². The number of nitrogens with zero attached hydrogens (tertiary/aromatic N) is 1. The lowest BCUT2D eigenvalue weighted by Crippen LogP contribution is -1.93. The van der Waals surface area contributed by atoms with Gasteiger partial charge in [0, 0.05) is 0 Å². The Hall–Kier alpha value is -1.96. The van der Waals surface area contributed by atoms with E-state index in [1.165, 1.54) is 7.11 Å². The molecule has 0 spiro atoms. The lowest BCUT2D eigenvalue weighted by molar-refractivity contribution is 0.371. The normalized spacial score (nSPS) is 10.7. The summed E-state index contributed by atoms with van der Waals surface area (Å²) in [5.74, 6) is 0.733. The summed E-state index contributed by atoms with van der Waals surface area (Å²) in [5.41, 5.74) is 4.41. The molecule has 3 N–H and O–H groups in total. The molecule has 0 heterocycles. The highest BCUT2D eigenvalue weighted by molar-refractivity contribution is 14.1. The number of hydrogen-bond acceptors (Lipinski definition) is 5. The van der Waals surface area contributed by atoms with Gasteiger partial charge >= 0.3 is 0 Å². The fourth-order valence-electron chi connectivity index (χ4n) is 1.54. The summed E-state index contributed by atoms with van der Waals surface area (Å²) in [6, 6.07) is 10.1. The highest BCUT2D eigenvalue weighted by Gasteiger charge is 2.07. The van der Waals surface area contributed by atoms with Crippen molar-refractivity contribution in [2.75, 3.05) is 12.5 Å². The molecular formula is C14H13IN2O3. The number of phenolic OH excluding ortho intramolecular Hbond substituents is 2. The number of benzene rings is 2. The lowest BCUT2D eigenvalue weighted by Gasteiger charge is -2.06. The molecule has 5 nitrogen and oxygen atoms in total. The zero-order chi connectivity index (χ0) is 14.5. The first-order valence-corrected chi connectivity index (χ1v) is 6.82. The summed E-state index contributed by atoms with van der Waals surface area (Å²) in [5, 5.41) is 23.0. The van der Waals surface area contributed by atoms with E-state index in [4.69, 9.17) is 9.84 Å². The van der Waals surface area contributed by atoms with Crippen LogP contribution in [-0.2, 0) is 0 Å². The molecule has 2 rings (SSSR count).